The van der Waals surface area contributed by atoms with E-state index < -0.39 is 0 Å². The molecule has 4 rings (SSSR count). The van der Waals surface area contributed by atoms with Crippen LogP contribution in [0.25, 0.3) is 5.69 Å². The van der Waals surface area contributed by atoms with E-state index in [1.54, 1.807) is 16.6 Å². The van der Waals surface area contributed by atoms with Crippen LogP contribution in [0.5, 0.6) is 0 Å². The summed E-state index contributed by atoms with van der Waals surface area (Å²) in [5.74, 6) is 0.795. The number of nitrogen functional groups attached to an aromatic ring is 1. The maximum Gasteiger partial charge on any atom is 0.173 e. The fourth-order valence-electron chi connectivity index (χ4n) is 3.75. The Morgan fingerprint density at radius 1 is 0.900 bits per heavy atom. The molecule has 1 heterocycles. The normalized spacial score (nSPS) is 11.5. The third-order valence-electron chi connectivity index (χ3n) is 6.23. The molecule has 1 unspecified atom stereocenters. The lowest BCUT2D eigenvalue weighted by molar-refractivity contribution is 0.493. The molecule has 0 aliphatic rings. The number of nitrogens with zero attached hydrogens (tertiary/aromatic N) is 5. The van der Waals surface area contributed by atoms with Crippen molar-refractivity contribution in [3.05, 3.63) is 95.7 Å². The molecule has 0 bridgehead atoms. The van der Waals surface area contributed by atoms with E-state index in [1.807, 2.05) is 64.2 Å². The topological polar surface area (TPSA) is 71.8 Å². The van der Waals surface area contributed by atoms with E-state index in [2.05, 4.69) is 89.8 Å². The number of hydrogen-bond donors (Lipinski definition) is 1. The van der Waals surface area contributed by atoms with Gasteiger partial charge in [-0.15, -0.1) is 15.3 Å². The Morgan fingerprint density at radius 3 is 2.17 bits per heavy atom. The first-order valence-electron chi connectivity index (χ1n) is 14.4. The summed E-state index contributed by atoms with van der Waals surface area (Å²) in [5, 5.41) is 13.6. The molecular formula is C33H46N6S. The van der Waals surface area contributed by atoms with Gasteiger partial charge in [-0.25, -0.2) is 8.99 Å². The van der Waals surface area contributed by atoms with Gasteiger partial charge in [0.25, 0.3) is 0 Å². The first kappa shape index (κ1) is 32.8. The molecule has 0 spiro atoms. The highest BCUT2D eigenvalue weighted by molar-refractivity contribution is 7.97. The van der Waals surface area contributed by atoms with E-state index in [0.29, 0.717) is 17.4 Å². The molecule has 6 nitrogen and oxygen atoms in total. The van der Waals surface area contributed by atoms with Crippen molar-refractivity contribution in [2.75, 3.05) is 12.3 Å². The summed E-state index contributed by atoms with van der Waals surface area (Å²) in [6, 6.07) is 25.1. The summed E-state index contributed by atoms with van der Waals surface area (Å²) >= 11 is 1.71. The molecule has 4 aromatic rings. The van der Waals surface area contributed by atoms with E-state index in [-0.39, 0.29) is 0 Å². The van der Waals surface area contributed by atoms with Crippen molar-refractivity contribution in [3.63, 3.8) is 0 Å². The molecule has 2 N–H and O–H groups in total. The van der Waals surface area contributed by atoms with Crippen molar-refractivity contribution in [1.82, 2.24) is 14.1 Å². The van der Waals surface area contributed by atoms with Gasteiger partial charge in [-0.3, -0.25) is 0 Å². The van der Waals surface area contributed by atoms with E-state index in [0.717, 1.165) is 35.8 Å². The lowest BCUT2D eigenvalue weighted by Gasteiger charge is -2.21. The Morgan fingerprint density at radius 2 is 1.55 bits per heavy atom. The first-order valence-corrected chi connectivity index (χ1v) is 15.2. The fourth-order valence-corrected chi connectivity index (χ4v) is 4.70. The summed E-state index contributed by atoms with van der Waals surface area (Å²) in [5.41, 5.74) is 12.3. The van der Waals surface area contributed by atoms with Crippen LogP contribution in [-0.4, -0.2) is 20.6 Å². The smallest absolute Gasteiger partial charge is 0.173 e. The van der Waals surface area contributed by atoms with Crippen LogP contribution in [-0.2, 0) is 6.54 Å². The largest absolute Gasteiger partial charge is 0.380 e. The van der Waals surface area contributed by atoms with Gasteiger partial charge in [0.05, 0.1) is 16.8 Å². The van der Waals surface area contributed by atoms with Crippen LogP contribution < -0.4 is 5.73 Å². The van der Waals surface area contributed by atoms with Gasteiger partial charge >= 0.3 is 0 Å². The highest BCUT2D eigenvalue weighted by Gasteiger charge is 2.14. The molecule has 0 radical (unpaired) electrons. The second-order valence-electron chi connectivity index (χ2n) is 8.95. The number of nitrogens with two attached hydrogens (primary N) is 1. The van der Waals surface area contributed by atoms with Crippen molar-refractivity contribution in [3.8, 4) is 5.69 Å². The second kappa shape index (κ2) is 17.3. The van der Waals surface area contributed by atoms with Gasteiger partial charge in [0.15, 0.2) is 5.82 Å². The predicted molar refractivity (Wildman–Crippen MR) is 173 cm³/mol. The zero-order chi connectivity index (χ0) is 29.5. The van der Waals surface area contributed by atoms with E-state index >= 15 is 0 Å². The van der Waals surface area contributed by atoms with Crippen LogP contribution >= 0.6 is 11.9 Å². The zero-order valence-corrected chi connectivity index (χ0v) is 26.2. The molecule has 7 heteroatoms. The molecule has 0 aliphatic heterocycles. The van der Waals surface area contributed by atoms with Gasteiger partial charge in [0.2, 0.25) is 0 Å². The number of para-hydroxylation sites is 1. The molecule has 1 atom stereocenters. The maximum atomic E-state index is 6.18. The number of azo groups is 1. The highest BCUT2D eigenvalue weighted by atomic mass is 32.2. The molecule has 0 saturated heterocycles. The Kier molecular flexibility index (Phi) is 14.2. The molecule has 0 saturated carbocycles. The number of aryl methyl sites for hydroxylation is 1. The Balaban J connectivity index is 0.00000134. The lowest BCUT2D eigenvalue weighted by Crippen LogP contribution is -2.14. The Hall–Kier alpha value is -3.42. The molecule has 0 fully saturated rings. The third kappa shape index (κ3) is 9.35. The number of rotatable bonds is 10. The van der Waals surface area contributed by atoms with Crippen LogP contribution in [0.3, 0.4) is 0 Å². The summed E-state index contributed by atoms with van der Waals surface area (Å²) in [4.78, 5) is 1.06. The summed E-state index contributed by atoms with van der Waals surface area (Å²) < 4.78 is 4.07. The molecule has 0 amide bonds. The molecule has 3 aromatic carbocycles. The Labute approximate surface area is 245 Å². The van der Waals surface area contributed by atoms with Crippen LogP contribution in [0.1, 0.15) is 77.5 Å². The molecule has 214 valence electrons. The number of benzene rings is 3. The minimum atomic E-state index is 0.351. The SMILES string of the molecule is CC.CC.CCC(C)c1ccc(SN(CC)Cc2ccc(C)cc2)c(N=Nc2cn(-c3ccccc3)nc2N)c1. The molecule has 40 heavy (non-hydrogen) atoms. The van der Waals surface area contributed by atoms with Gasteiger partial charge in [-0.1, -0.05) is 103 Å². The third-order valence-corrected chi connectivity index (χ3v) is 7.42. The molecular weight excluding hydrogens is 512 g/mol. The quantitative estimate of drug-likeness (QED) is 0.155. The van der Waals surface area contributed by atoms with Crippen LogP contribution in [0.4, 0.5) is 17.2 Å². The van der Waals surface area contributed by atoms with Crippen LogP contribution in [0.2, 0.25) is 0 Å². The highest BCUT2D eigenvalue weighted by Crippen LogP contribution is 2.37. The van der Waals surface area contributed by atoms with Crippen molar-refractivity contribution < 1.29 is 0 Å². The van der Waals surface area contributed by atoms with Crippen LogP contribution in [0, 0.1) is 6.92 Å². The number of aromatic nitrogens is 2. The number of anilines is 1. The summed E-state index contributed by atoms with van der Waals surface area (Å²) in [6.07, 6.45) is 2.88. The monoisotopic (exact) mass is 558 g/mol. The lowest BCUT2D eigenvalue weighted by atomic mass is 9.98. The van der Waals surface area contributed by atoms with Crippen molar-refractivity contribution in [2.24, 2.45) is 10.2 Å². The maximum absolute atomic E-state index is 6.18. The van der Waals surface area contributed by atoms with Gasteiger partial charge in [-0.05, 0) is 66.6 Å². The average Bonchev–Trinajstić information content (AvgIpc) is 3.39. The predicted octanol–water partition coefficient (Wildman–Crippen LogP) is 10.3. The summed E-state index contributed by atoms with van der Waals surface area (Å²) in [6.45, 7) is 18.5. The van der Waals surface area contributed by atoms with Gasteiger partial charge in [-0.2, -0.15) is 0 Å². The van der Waals surface area contributed by atoms with Gasteiger partial charge in [0, 0.05) is 13.1 Å². The summed E-state index contributed by atoms with van der Waals surface area (Å²) in [7, 11) is 0. The van der Waals surface area contributed by atoms with Crippen molar-refractivity contribution in [1.29, 1.82) is 0 Å². The van der Waals surface area contributed by atoms with Crippen molar-refractivity contribution >= 4 is 29.1 Å². The van der Waals surface area contributed by atoms with E-state index in [1.165, 1.54) is 16.7 Å². The van der Waals surface area contributed by atoms with Crippen LogP contribution in [0.15, 0.2) is 94.1 Å². The second-order valence-corrected chi connectivity index (χ2v) is 10.1. The first-order chi connectivity index (χ1) is 19.5. The molecule has 0 aliphatic carbocycles. The Bertz CT molecular complexity index is 1300. The van der Waals surface area contributed by atoms with Gasteiger partial charge in [0.1, 0.15) is 11.4 Å². The average molecular weight is 559 g/mol. The zero-order valence-electron chi connectivity index (χ0n) is 25.4. The minimum absolute atomic E-state index is 0.351. The van der Waals surface area contributed by atoms with Gasteiger partial charge < -0.3 is 5.73 Å². The van der Waals surface area contributed by atoms with Crippen molar-refractivity contribution in [2.45, 2.75) is 79.2 Å². The number of hydrogen-bond acceptors (Lipinski definition) is 6. The molecule has 1 aromatic heterocycles. The standard InChI is InChI=1S/C29H34N6S.2C2H6/c1-5-22(4)24-16-17-28(36-34(6-2)19-23-14-12-21(3)13-15-23)26(18-24)31-32-27-20-35(33-29(27)30)25-10-8-7-9-11-25;2*1-2/h7-18,20,22H,5-6,19H2,1-4H3,(H2,30,33);2*1-2H3. The minimum Gasteiger partial charge on any atom is -0.380 e. The van der Waals surface area contributed by atoms with E-state index in [9.17, 15) is 0 Å². The van der Waals surface area contributed by atoms with E-state index in [4.69, 9.17) is 5.73 Å². The fraction of sp³-hybridized carbons (Fsp3) is 0.364.